The van der Waals surface area contributed by atoms with Crippen LogP contribution in [0.1, 0.15) is 23.1 Å². The van der Waals surface area contributed by atoms with E-state index in [-0.39, 0.29) is 6.54 Å². The zero-order valence-corrected chi connectivity index (χ0v) is 27.3. The molecule has 0 spiro atoms. The number of carbonyl (C=O) groups excluding carboxylic acids is 1. The first kappa shape index (κ1) is 35.3. The number of aromatic nitrogens is 2. The molecule has 6 rings (SSSR count). The van der Waals surface area contributed by atoms with Crippen molar-refractivity contribution in [3.63, 3.8) is 0 Å². The molecule has 50 heavy (non-hydrogen) atoms. The van der Waals surface area contributed by atoms with Crippen LogP contribution in [0.25, 0.3) is 11.3 Å². The lowest BCUT2D eigenvalue weighted by atomic mass is 10.1. The van der Waals surface area contributed by atoms with Gasteiger partial charge in [0.25, 0.3) is 5.92 Å². The predicted octanol–water partition coefficient (Wildman–Crippen LogP) is 5.34. The average molecular weight is 719 g/mol. The number of hydrogen-bond acceptors (Lipinski definition) is 7. The average Bonchev–Trinajstić information content (AvgIpc) is 3.44. The number of rotatable bonds is 9. The lowest BCUT2D eigenvalue weighted by Gasteiger charge is -2.35. The molecule has 9 nitrogen and oxygen atoms in total. The maximum atomic E-state index is 14.6. The Morgan fingerprint density at radius 2 is 1.64 bits per heavy atom. The van der Waals surface area contributed by atoms with Crippen LogP contribution in [0.2, 0.25) is 0 Å². The highest BCUT2D eigenvalue weighted by Crippen LogP contribution is 2.36. The van der Waals surface area contributed by atoms with Crippen molar-refractivity contribution < 1.29 is 39.6 Å². The quantitative estimate of drug-likeness (QED) is 0.234. The summed E-state index contributed by atoms with van der Waals surface area (Å²) < 4.78 is 109. The summed E-state index contributed by atoms with van der Waals surface area (Å²) in [4.78, 5) is 26.1. The van der Waals surface area contributed by atoms with Gasteiger partial charge in [-0.1, -0.05) is 18.2 Å². The normalized spacial score (nSPS) is 18.7. The summed E-state index contributed by atoms with van der Waals surface area (Å²) in [5.41, 5.74) is 1.41. The number of sulfonamides is 1. The molecule has 2 aromatic carbocycles. The molecule has 264 valence electrons. The van der Waals surface area contributed by atoms with Crippen molar-refractivity contribution in [2.24, 2.45) is 0 Å². The van der Waals surface area contributed by atoms with Gasteiger partial charge in [-0.05, 0) is 65.7 Å². The maximum Gasteiger partial charge on any atom is 0.416 e. The van der Waals surface area contributed by atoms with Crippen LogP contribution in [-0.4, -0.2) is 78.2 Å². The van der Waals surface area contributed by atoms with E-state index < -0.39 is 63.3 Å². The molecule has 1 N–H and O–H groups in total. The van der Waals surface area contributed by atoms with Gasteiger partial charge in [0.15, 0.2) is 0 Å². The fraction of sp³-hybridized carbons (Fsp3) is 0.324. The number of amides is 1. The van der Waals surface area contributed by atoms with Gasteiger partial charge in [-0.15, -0.1) is 0 Å². The van der Waals surface area contributed by atoms with Crippen molar-refractivity contribution in [3.05, 3.63) is 108 Å². The van der Waals surface area contributed by atoms with Gasteiger partial charge in [0.1, 0.15) is 17.7 Å². The minimum Gasteiger partial charge on any atom is -0.354 e. The third-order valence-electron chi connectivity index (χ3n) is 8.62. The first-order valence-electron chi connectivity index (χ1n) is 15.7. The number of nitrogens with zero attached hydrogens (tertiary/aromatic N) is 5. The van der Waals surface area contributed by atoms with Crippen molar-refractivity contribution in [2.45, 2.75) is 42.5 Å². The first-order valence-corrected chi connectivity index (χ1v) is 17.1. The van der Waals surface area contributed by atoms with Crippen LogP contribution in [-0.2, 0) is 34.1 Å². The van der Waals surface area contributed by atoms with Gasteiger partial charge in [0.05, 0.1) is 22.7 Å². The van der Waals surface area contributed by atoms with Crippen molar-refractivity contribution in [1.82, 2.24) is 24.5 Å². The second-order valence-corrected chi connectivity index (χ2v) is 14.1. The topological polar surface area (TPSA) is 98.7 Å². The van der Waals surface area contributed by atoms with Crippen molar-refractivity contribution in [3.8, 4) is 11.3 Å². The van der Waals surface area contributed by atoms with Gasteiger partial charge in [-0.2, -0.15) is 17.5 Å². The molecule has 0 aliphatic carbocycles. The first-order chi connectivity index (χ1) is 23.7. The van der Waals surface area contributed by atoms with Crippen LogP contribution < -0.4 is 10.2 Å². The van der Waals surface area contributed by atoms with Crippen LogP contribution in [0.3, 0.4) is 0 Å². The van der Waals surface area contributed by atoms with Crippen LogP contribution >= 0.6 is 0 Å². The van der Waals surface area contributed by atoms with E-state index in [1.54, 1.807) is 24.5 Å². The third kappa shape index (κ3) is 8.08. The number of piperazine rings is 1. The van der Waals surface area contributed by atoms with Crippen LogP contribution in [0, 0.1) is 5.82 Å². The summed E-state index contributed by atoms with van der Waals surface area (Å²) >= 11 is 0. The van der Waals surface area contributed by atoms with Gasteiger partial charge < -0.3 is 10.2 Å². The maximum absolute atomic E-state index is 14.6. The van der Waals surface area contributed by atoms with Crippen LogP contribution in [0.4, 0.5) is 32.2 Å². The Kier molecular flexibility index (Phi) is 9.88. The number of benzene rings is 2. The summed E-state index contributed by atoms with van der Waals surface area (Å²) in [5.74, 6) is -4.68. The van der Waals surface area contributed by atoms with E-state index in [2.05, 4.69) is 15.2 Å². The summed E-state index contributed by atoms with van der Waals surface area (Å²) in [7, 11) is -4.58. The van der Waals surface area contributed by atoms with Gasteiger partial charge in [-0.25, -0.2) is 26.6 Å². The van der Waals surface area contributed by atoms with E-state index in [1.165, 1.54) is 12.1 Å². The minimum absolute atomic E-state index is 0.213. The highest BCUT2D eigenvalue weighted by Gasteiger charge is 2.53. The van der Waals surface area contributed by atoms with Crippen molar-refractivity contribution in [1.29, 1.82) is 0 Å². The Labute approximate surface area is 284 Å². The second kappa shape index (κ2) is 14.0. The zero-order chi connectivity index (χ0) is 35.7. The molecule has 0 unspecified atom stereocenters. The van der Waals surface area contributed by atoms with Crippen molar-refractivity contribution >= 4 is 21.7 Å². The largest absolute Gasteiger partial charge is 0.416 e. The zero-order valence-electron chi connectivity index (χ0n) is 26.5. The lowest BCUT2D eigenvalue weighted by molar-refractivity contribution is -0.137. The van der Waals surface area contributed by atoms with Gasteiger partial charge >= 0.3 is 6.18 Å². The number of anilines is 1. The molecule has 2 aliphatic rings. The van der Waals surface area contributed by atoms with Crippen LogP contribution in [0.5, 0.6) is 0 Å². The van der Waals surface area contributed by atoms with E-state index in [4.69, 9.17) is 4.98 Å². The smallest absolute Gasteiger partial charge is 0.354 e. The highest BCUT2D eigenvalue weighted by atomic mass is 32.2. The molecule has 0 radical (unpaired) electrons. The molecule has 2 fully saturated rings. The molecule has 4 aromatic rings. The molecule has 4 heterocycles. The number of carbonyl (C=O) groups is 1. The van der Waals surface area contributed by atoms with Gasteiger partial charge in [0.2, 0.25) is 15.9 Å². The van der Waals surface area contributed by atoms with Crippen LogP contribution in [0.15, 0.2) is 90.1 Å². The Hall–Kier alpha value is -4.54. The monoisotopic (exact) mass is 718 g/mol. The van der Waals surface area contributed by atoms with E-state index in [0.717, 1.165) is 42.0 Å². The molecule has 1 atom stereocenters. The van der Waals surface area contributed by atoms with Gasteiger partial charge in [-0.3, -0.25) is 14.7 Å². The van der Waals surface area contributed by atoms with Crippen molar-refractivity contribution in [2.75, 3.05) is 37.6 Å². The Balaban J connectivity index is 1.23. The summed E-state index contributed by atoms with van der Waals surface area (Å²) in [6.45, 7) is 1.77. The Morgan fingerprint density at radius 3 is 2.28 bits per heavy atom. The van der Waals surface area contributed by atoms with E-state index in [0.29, 0.717) is 59.7 Å². The fourth-order valence-corrected chi connectivity index (χ4v) is 7.63. The third-order valence-corrected chi connectivity index (χ3v) is 10.5. The fourth-order valence-electron chi connectivity index (χ4n) is 6.01. The molecule has 2 saturated heterocycles. The second-order valence-electron chi connectivity index (χ2n) is 12.2. The number of nitrogens with one attached hydrogen (secondary N) is 1. The van der Waals surface area contributed by atoms with E-state index in [1.807, 2.05) is 17.0 Å². The van der Waals surface area contributed by atoms with E-state index >= 15 is 0 Å². The van der Waals surface area contributed by atoms with E-state index in [9.17, 15) is 39.6 Å². The lowest BCUT2D eigenvalue weighted by Crippen LogP contribution is -2.46. The number of alkyl halides is 5. The molecular weight excluding hydrogens is 686 g/mol. The minimum atomic E-state index is -4.58. The molecule has 0 bridgehead atoms. The molecule has 2 aromatic heterocycles. The number of pyridine rings is 2. The SMILES string of the molecule is O=C(NCc1cc(-c2ccc(C(F)(F)F)cc2)nc(N2CCN(Cc3cccnc3)CC2)c1)[C@@H]1CC(F)(F)CN1S(=O)(=O)c1ccc(F)cc1. The van der Waals surface area contributed by atoms with Gasteiger partial charge in [0, 0.05) is 63.6 Å². The predicted molar refractivity (Wildman–Crippen MR) is 172 cm³/mol. The Morgan fingerprint density at radius 1 is 0.940 bits per heavy atom. The highest BCUT2D eigenvalue weighted by molar-refractivity contribution is 7.89. The molecule has 0 saturated carbocycles. The standard InChI is InChI=1S/C34H32F6N6O3S/c35-27-7-9-28(10-8-27)50(48,49)46-22-33(36,37)18-30(46)32(47)42-20-24-16-29(25-3-5-26(6-4-25)34(38,39)40)43-31(17-24)45-14-12-44(13-15-45)21-23-2-1-11-41-19-23/h1-11,16-17,19,30H,12-15,18,20-22H2,(H,42,47)/t30-/m0/s1. The molecule has 1 amide bonds. The molecule has 2 aliphatic heterocycles. The summed E-state index contributed by atoms with van der Waals surface area (Å²) in [6.07, 6.45) is -2.09. The Bertz CT molecular complexity index is 1920. The summed E-state index contributed by atoms with van der Waals surface area (Å²) in [6, 6.07) is 13.5. The number of halogens is 6. The molecule has 16 heteroatoms. The number of hydrogen-bond donors (Lipinski definition) is 1. The summed E-state index contributed by atoms with van der Waals surface area (Å²) in [5, 5.41) is 2.57. The molecular formula is C34H32F6N6O3S.